The lowest BCUT2D eigenvalue weighted by molar-refractivity contribution is 0.629. The third kappa shape index (κ3) is 2.75. The first-order valence-electron chi connectivity index (χ1n) is 7.12. The van der Waals surface area contributed by atoms with E-state index in [0.29, 0.717) is 12.1 Å². The molecule has 1 N–H and O–H groups in total. The first-order valence-corrected chi connectivity index (χ1v) is 7.12. The first-order chi connectivity index (χ1) is 10.2. The molecule has 0 aliphatic carbocycles. The lowest BCUT2D eigenvalue weighted by Gasteiger charge is -2.08. The number of hydrogen-bond donors (Lipinski definition) is 1. The second kappa shape index (κ2) is 5.56. The van der Waals surface area contributed by atoms with Gasteiger partial charge in [0.05, 0.1) is 17.6 Å². The van der Waals surface area contributed by atoms with Gasteiger partial charge >= 0.3 is 0 Å². The van der Waals surface area contributed by atoms with Gasteiger partial charge in [-0.05, 0) is 38.1 Å². The van der Waals surface area contributed by atoms with Crippen LogP contribution in [0.1, 0.15) is 18.3 Å². The van der Waals surface area contributed by atoms with Crippen LogP contribution in [0.15, 0.2) is 42.5 Å². The number of rotatable bonds is 4. The van der Waals surface area contributed by atoms with Gasteiger partial charge in [-0.2, -0.15) is 0 Å². The van der Waals surface area contributed by atoms with Gasteiger partial charge in [0, 0.05) is 18.3 Å². The molecule has 2 aromatic carbocycles. The normalized spacial score (nSPS) is 11.0. The zero-order valence-corrected chi connectivity index (χ0v) is 12.2. The molecule has 3 rings (SSSR count). The number of nitrogens with one attached hydrogen (secondary N) is 1. The van der Waals surface area contributed by atoms with Crippen molar-refractivity contribution in [2.45, 2.75) is 26.9 Å². The maximum absolute atomic E-state index is 13.3. The van der Waals surface area contributed by atoms with E-state index < -0.39 is 0 Å². The second-order valence-electron chi connectivity index (χ2n) is 5.12. The maximum Gasteiger partial charge on any atom is 0.129 e. The number of hydrogen-bond acceptors (Lipinski definition) is 2. The molecule has 0 aliphatic rings. The predicted octanol–water partition coefficient (Wildman–Crippen LogP) is 4.12. The number of fused-ring (bicyclic) bond motifs is 1. The summed E-state index contributed by atoms with van der Waals surface area (Å²) in [4.78, 5) is 4.54. The molecule has 0 aliphatic heterocycles. The molecule has 1 heterocycles. The summed E-state index contributed by atoms with van der Waals surface area (Å²) in [6.07, 6.45) is 0. The summed E-state index contributed by atoms with van der Waals surface area (Å²) in [6.45, 7) is 5.56. The van der Waals surface area contributed by atoms with Gasteiger partial charge in [0.15, 0.2) is 0 Å². The SMILES string of the molecule is CCn1c(CNc2ccc(C)cc2)nc2cc(F)ccc21. The third-order valence-corrected chi connectivity index (χ3v) is 3.61. The van der Waals surface area contributed by atoms with Crippen molar-refractivity contribution in [2.24, 2.45) is 0 Å². The Morgan fingerprint density at radius 3 is 2.62 bits per heavy atom. The molecule has 1 aromatic heterocycles. The average molecular weight is 283 g/mol. The van der Waals surface area contributed by atoms with Crippen molar-refractivity contribution in [3.05, 3.63) is 59.7 Å². The van der Waals surface area contributed by atoms with E-state index >= 15 is 0 Å². The molecule has 0 amide bonds. The van der Waals surface area contributed by atoms with Crippen LogP contribution in [-0.2, 0) is 13.1 Å². The summed E-state index contributed by atoms with van der Waals surface area (Å²) in [7, 11) is 0. The number of anilines is 1. The molecule has 0 radical (unpaired) electrons. The van der Waals surface area contributed by atoms with E-state index in [2.05, 4.69) is 40.8 Å². The van der Waals surface area contributed by atoms with Crippen molar-refractivity contribution in [3.8, 4) is 0 Å². The Balaban J connectivity index is 1.87. The monoisotopic (exact) mass is 283 g/mol. The fourth-order valence-corrected chi connectivity index (χ4v) is 2.49. The van der Waals surface area contributed by atoms with Crippen molar-refractivity contribution in [1.82, 2.24) is 9.55 Å². The molecule has 0 saturated carbocycles. The first kappa shape index (κ1) is 13.6. The fourth-order valence-electron chi connectivity index (χ4n) is 2.49. The molecule has 0 unspecified atom stereocenters. The van der Waals surface area contributed by atoms with E-state index in [-0.39, 0.29) is 5.82 Å². The number of imidazole rings is 1. The third-order valence-electron chi connectivity index (χ3n) is 3.61. The summed E-state index contributed by atoms with van der Waals surface area (Å²) in [5.41, 5.74) is 3.97. The Kier molecular flexibility index (Phi) is 3.60. The highest BCUT2D eigenvalue weighted by molar-refractivity contribution is 5.76. The van der Waals surface area contributed by atoms with Crippen LogP contribution in [0, 0.1) is 12.7 Å². The van der Waals surface area contributed by atoms with E-state index in [4.69, 9.17) is 0 Å². The Morgan fingerprint density at radius 1 is 1.14 bits per heavy atom. The van der Waals surface area contributed by atoms with Crippen molar-refractivity contribution in [2.75, 3.05) is 5.32 Å². The molecule has 4 heteroatoms. The second-order valence-corrected chi connectivity index (χ2v) is 5.12. The fraction of sp³-hybridized carbons (Fsp3) is 0.235. The van der Waals surface area contributed by atoms with Crippen LogP contribution in [0.5, 0.6) is 0 Å². The van der Waals surface area contributed by atoms with Crippen LogP contribution in [-0.4, -0.2) is 9.55 Å². The van der Waals surface area contributed by atoms with Crippen LogP contribution in [0.25, 0.3) is 11.0 Å². The minimum absolute atomic E-state index is 0.249. The minimum atomic E-state index is -0.249. The molecule has 3 aromatic rings. The summed E-state index contributed by atoms with van der Waals surface area (Å²) in [5, 5.41) is 3.36. The van der Waals surface area contributed by atoms with Gasteiger partial charge in [-0.15, -0.1) is 0 Å². The Bertz CT molecular complexity index is 760. The molecule has 0 fully saturated rings. The molecule has 0 bridgehead atoms. The molecular weight excluding hydrogens is 265 g/mol. The molecule has 0 atom stereocenters. The quantitative estimate of drug-likeness (QED) is 0.780. The number of halogens is 1. The van der Waals surface area contributed by atoms with E-state index in [9.17, 15) is 4.39 Å². The van der Waals surface area contributed by atoms with Gasteiger partial charge in [0.2, 0.25) is 0 Å². The van der Waals surface area contributed by atoms with E-state index in [1.807, 2.05) is 12.1 Å². The number of nitrogens with zero attached hydrogens (tertiary/aromatic N) is 2. The maximum atomic E-state index is 13.3. The average Bonchev–Trinajstić information content (AvgIpc) is 2.83. The van der Waals surface area contributed by atoms with Crippen molar-refractivity contribution in [1.29, 1.82) is 0 Å². The Morgan fingerprint density at radius 2 is 1.90 bits per heavy atom. The van der Waals surface area contributed by atoms with Gasteiger partial charge in [-0.3, -0.25) is 0 Å². The van der Waals surface area contributed by atoms with Gasteiger partial charge < -0.3 is 9.88 Å². The summed E-state index contributed by atoms with van der Waals surface area (Å²) in [6, 6.07) is 13.0. The van der Waals surface area contributed by atoms with E-state index in [1.165, 1.54) is 17.7 Å². The van der Waals surface area contributed by atoms with Gasteiger partial charge in [0.1, 0.15) is 11.6 Å². The number of aromatic nitrogens is 2. The number of aryl methyl sites for hydroxylation is 2. The van der Waals surface area contributed by atoms with Gasteiger partial charge in [0.25, 0.3) is 0 Å². The molecule has 0 saturated heterocycles. The zero-order valence-electron chi connectivity index (χ0n) is 12.2. The largest absolute Gasteiger partial charge is 0.378 e. The summed E-state index contributed by atoms with van der Waals surface area (Å²) in [5.74, 6) is 0.667. The smallest absolute Gasteiger partial charge is 0.129 e. The highest BCUT2D eigenvalue weighted by atomic mass is 19.1. The number of benzene rings is 2. The van der Waals surface area contributed by atoms with Crippen LogP contribution >= 0.6 is 0 Å². The summed E-state index contributed by atoms with van der Waals surface area (Å²) >= 11 is 0. The Hall–Kier alpha value is -2.36. The topological polar surface area (TPSA) is 29.9 Å². The van der Waals surface area contributed by atoms with Crippen molar-refractivity contribution in [3.63, 3.8) is 0 Å². The molecule has 0 spiro atoms. The predicted molar refractivity (Wildman–Crippen MR) is 83.9 cm³/mol. The van der Waals surface area contributed by atoms with Crippen LogP contribution < -0.4 is 5.32 Å². The van der Waals surface area contributed by atoms with Gasteiger partial charge in [-0.25, -0.2) is 9.37 Å². The van der Waals surface area contributed by atoms with Crippen LogP contribution in [0.3, 0.4) is 0 Å². The summed E-state index contributed by atoms with van der Waals surface area (Å²) < 4.78 is 15.4. The standard InChI is InChI=1S/C17H18FN3/c1-3-21-16-9-6-13(18)10-15(16)20-17(21)11-19-14-7-4-12(2)5-8-14/h4-10,19H,3,11H2,1-2H3. The highest BCUT2D eigenvalue weighted by Gasteiger charge is 2.09. The lowest BCUT2D eigenvalue weighted by Crippen LogP contribution is -2.07. The molecule has 21 heavy (non-hydrogen) atoms. The molecular formula is C17H18FN3. The van der Waals surface area contributed by atoms with Crippen LogP contribution in [0.4, 0.5) is 10.1 Å². The highest BCUT2D eigenvalue weighted by Crippen LogP contribution is 2.18. The lowest BCUT2D eigenvalue weighted by atomic mass is 10.2. The Labute approximate surface area is 123 Å². The van der Waals surface area contributed by atoms with Crippen molar-refractivity contribution < 1.29 is 4.39 Å². The van der Waals surface area contributed by atoms with Gasteiger partial charge in [-0.1, -0.05) is 17.7 Å². The van der Waals surface area contributed by atoms with Crippen molar-refractivity contribution >= 4 is 16.7 Å². The zero-order chi connectivity index (χ0) is 14.8. The molecule has 108 valence electrons. The minimum Gasteiger partial charge on any atom is -0.378 e. The van der Waals surface area contributed by atoms with Crippen LogP contribution in [0.2, 0.25) is 0 Å². The van der Waals surface area contributed by atoms with E-state index in [1.54, 1.807) is 6.07 Å². The van der Waals surface area contributed by atoms with E-state index in [0.717, 1.165) is 23.6 Å². The molecule has 3 nitrogen and oxygen atoms in total.